The van der Waals surface area contributed by atoms with Crippen LogP contribution in [0.15, 0.2) is 42.5 Å². The first-order chi connectivity index (χ1) is 17.6. The van der Waals surface area contributed by atoms with Gasteiger partial charge in [-0.1, -0.05) is 6.42 Å². The summed E-state index contributed by atoms with van der Waals surface area (Å²) in [7, 11) is 1.48. The van der Waals surface area contributed by atoms with Crippen LogP contribution in [0.5, 0.6) is 11.5 Å². The molecule has 36 heavy (non-hydrogen) atoms. The van der Waals surface area contributed by atoms with E-state index in [4.69, 9.17) is 9.47 Å². The smallest absolute Gasteiger partial charge is 0.254 e. The highest BCUT2D eigenvalue weighted by molar-refractivity contribution is 6.02. The Morgan fingerprint density at radius 3 is 2.36 bits per heavy atom. The highest BCUT2D eigenvalue weighted by Gasteiger charge is 2.30. The number of nitrogens with zero attached hydrogens (tertiary/aromatic N) is 4. The van der Waals surface area contributed by atoms with Crippen molar-refractivity contribution in [3.05, 3.63) is 53.6 Å². The summed E-state index contributed by atoms with van der Waals surface area (Å²) in [5.41, 5.74) is 1.46. The molecule has 2 saturated heterocycles. The minimum atomic E-state index is -0.269. The normalized spacial score (nSPS) is 19.5. The van der Waals surface area contributed by atoms with E-state index in [0.29, 0.717) is 30.0 Å². The van der Waals surface area contributed by atoms with E-state index >= 15 is 0 Å². The van der Waals surface area contributed by atoms with Crippen LogP contribution in [0.2, 0.25) is 0 Å². The van der Waals surface area contributed by atoms with Gasteiger partial charge in [0.1, 0.15) is 30.2 Å². The van der Waals surface area contributed by atoms with Crippen molar-refractivity contribution in [3.63, 3.8) is 0 Å². The molecule has 2 aliphatic heterocycles. The van der Waals surface area contributed by atoms with Crippen molar-refractivity contribution < 1.29 is 19.1 Å². The Morgan fingerprint density at radius 1 is 1.00 bits per heavy atom. The number of methoxy groups -OCH3 is 1. The molecule has 0 N–H and O–H groups in total. The van der Waals surface area contributed by atoms with E-state index in [1.807, 2.05) is 30.3 Å². The fourth-order valence-corrected chi connectivity index (χ4v) is 5.24. The number of ether oxygens (including phenoxy) is 2. The van der Waals surface area contributed by atoms with Gasteiger partial charge < -0.3 is 24.2 Å². The van der Waals surface area contributed by atoms with Gasteiger partial charge in [-0.15, -0.1) is 0 Å². The molecule has 1 aliphatic carbocycles. The van der Waals surface area contributed by atoms with Crippen molar-refractivity contribution in [2.75, 3.05) is 44.7 Å². The third-order valence-electron chi connectivity index (χ3n) is 7.59. The maximum absolute atomic E-state index is 13.0. The minimum Gasteiger partial charge on any atom is -0.495 e. The third-order valence-corrected chi connectivity index (χ3v) is 7.59. The number of hydrogen-bond donors (Lipinski definition) is 0. The Kier molecular flexibility index (Phi) is 7.10. The maximum Gasteiger partial charge on any atom is 0.254 e. The van der Waals surface area contributed by atoms with E-state index in [-0.39, 0.29) is 24.5 Å². The summed E-state index contributed by atoms with van der Waals surface area (Å²) in [6.07, 6.45) is 6.40. The predicted molar refractivity (Wildman–Crippen MR) is 135 cm³/mol. The Labute approximate surface area is 212 Å². The highest BCUT2D eigenvalue weighted by atomic mass is 16.5. The van der Waals surface area contributed by atoms with Crippen LogP contribution >= 0.6 is 0 Å². The summed E-state index contributed by atoms with van der Waals surface area (Å²) in [4.78, 5) is 31.7. The second kappa shape index (κ2) is 10.6. The molecular weight excluding hydrogens is 456 g/mol. The molecule has 1 saturated carbocycles. The number of amides is 2. The monoisotopic (exact) mass is 488 g/mol. The zero-order chi connectivity index (χ0) is 25.1. The lowest BCUT2D eigenvalue weighted by atomic mass is 9.90. The average molecular weight is 489 g/mol. The molecule has 188 valence electrons. The Hall–Kier alpha value is -3.57. The lowest BCUT2D eigenvalue weighted by molar-refractivity contribution is -0.120. The summed E-state index contributed by atoms with van der Waals surface area (Å²) in [6.45, 7) is 3.03. The molecule has 3 aliphatic rings. The van der Waals surface area contributed by atoms with Crippen molar-refractivity contribution >= 4 is 17.5 Å². The molecule has 0 spiro atoms. The summed E-state index contributed by atoms with van der Waals surface area (Å²) in [5.74, 6) is 0.839. The zero-order valence-corrected chi connectivity index (χ0v) is 20.7. The topological polar surface area (TPSA) is 86.1 Å². The van der Waals surface area contributed by atoms with Gasteiger partial charge in [-0.05, 0) is 68.1 Å². The molecule has 2 amide bonds. The van der Waals surface area contributed by atoms with Gasteiger partial charge in [0.2, 0.25) is 5.91 Å². The van der Waals surface area contributed by atoms with Gasteiger partial charge in [-0.2, -0.15) is 5.26 Å². The number of benzene rings is 2. The molecule has 2 aromatic carbocycles. The van der Waals surface area contributed by atoms with Gasteiger partial charge in [0, 0.05) is 43.5 Å². The van der Waals surface area contributed by atoms with Crippen LogP contribution in [0, 0.1) is 11.3 Å². The van der Waals surface area contributed by atoms with Gasteiger partial charge in [-0.3, -0.25) is 9.59 Å². The van der Waals surface area contributed by atoms with Crippen LogP contribution in [-0.4, -0.2) is 73.6 Å². The lowest BCUT2D eigenvalue weighted by Crippen LogP contribution is -2.52. The van der Waals surface area contributed by atoms with Crippen LogP contribution in [0.3, 0.4) is 0 Å². The van der Waals surface area contributed by atoms with Crippen molar-refractivity contribution in [1.82, 2.24) is 9.80 Å². The summed E-state index contributed by atoms with van der Waals surface area (Å²) >= 11 is 0. The second-order valence-corrected chi connectivity index (χ2v) is 9.73. The summed E-state index contributed by atoms with van der Waals surface area (Å²) < 4.78 is 11.4. The molecule has 8 nitrogen and oxygen atoms in total. The van der Waals surface area contributed by atoms with Gasteiger partial charge in [0.05, 0.1) is 12.7 Å². The molecule has 0 atom stereocenters. The second-order valence-electron chi connectivity index (χ2n) is 9.73. The van der Waals surface area contributed by atoms with Gasteiger partial charge in [-0.25, -0.2) is 0 Å². The molecular formula is C28H32N4O4. The number of rotatable bonds is 6. The van der Waals surface area contributed by atoms with Crippen LogP contribution in [0.1, 0.15) is 48.0 Å². The first-order valence-electron chi connectivity index (χ1n) is 12.7. The molecule has 3 fully saturated rings. The van der Waals surface area contributed by atoms with Crippen molar-refractivity contribution in [2.45, 2.75) is 44.2 Å². The van der Waals surface area contributed by atoms with Crippen molar-refractivity contribution in [2.24, 2.45) is 0 Å². The Bertz CT molecular complexity index is 1150. The van der Waals surface area contributed by atoms with Crippen LogP contribution in [0.25, 0.3) is 0 Å². The number of likely N-dealkylation sites (tertiary alicyclic amines) is 1. The number of anilines is 1. The largest absolute Gasteiger partial charge is 0.495 e. The summed E-state index contributed by atoms with van der Waals surface area (Å²) in [5, 5.41) is 9.30. The highest BCUT2D eigenvalue weighted by Crippen LogP contribution is 2.29. The number of piperidine rings is 1. The van der Waals surface area contributed by atoms with E-state index in [1.54, 1.807) is 17.0 Å². The van der Waals surface area contributed by atoms with Crippen molar-refractivity contribution in [3.8, 4) is 17.6 Å². The van der Waals surface area contributed by atoms with E-state index in [2.05, 4.69) is 4.90 Å². The van der Waals surface area contributed by atoms with E-state index in [1.165, 1.54) is 37.3 Å². The van der Waals surface area contributed by atoms with E-state index in [9.17, 15) is 14.9 Å². The number of hydrogen-bond acceptors (Lipinski definition) is 6. The van der Waals surface area contributed by atoms with E-state index in [0.717, 1.165) is 43.4 Å². The first kappa shape index (κ1) is 24.1. The van der Waals surface area contributed by atoms with Crippen LogP contribution in [-0.2, 0) is 4.79 Å². The SMILES string of the molecule is COc1ccc(C(=O)N2CCN(c3ccc(OC4CCN(C5CCC5)CC4)cc3)C(=O)C2)cc1C#N. The molecule has 2 heterocycles. The van der Waals surface area contributed by atoms with Crippen LogP contribution < -0.4 is 14.4 Å². The average Bonchev–Trinajstić information content (AvgIpc) is 2.88. The predicted octanol–water partition coefficient (Wildman–Crippen LogP) is 3.45. The standard InChI is InChI=1S/C28H32N4O4/c1-35-26-10-5-20(17-21(26)18-29)28(34)31-15-16-32(27(33)19-31)23-6-8-24(9-7-23)36-25-11-13-30(14-12-25)22-3-2-4-22/h5-10,17,22,25H,2-4,11-16,19H2,1H3. The quantitative estimate of drug-likeness (QED) is 0.619. The molecule has 8 heteroatoms. The Morgan fingerprint density at radius 2 is 1.75 bits per heavy atom. The number of nitriles is 1. The fraction of sp³-hybridized carbons (Fsp3) is 0.464. The first-order valence-corrected chi connectivity index (χ1v) is 12.7. The molecule has 2 aromatic rings. The number of carbonyl (C=O) groups excluding carboxylic acids is 2. The van der Waals surface area contributed by atoms with Crippen molar-refractivity contribution in [1.29, 1.82) is 5.26 Å². The minimum absolute atomic E-state index is 0.00936. The summed E-state index contributed by atoms with van der Waals surface area (Å²) in [6, 6.07) is 15.3. The zero-order valence-electron chi connectivity index (χ0n) is 20.7. The molecule has 0 aromatic heterocycles. The lowest BCUT2D eigenvalue weighted by Gasteiger charge is -2.41. The van der Waals surface area contributed by atoms with Crippen LogP contribution in [0.4, 0.5) is 5.69 Å². The number of piperazine rings is 1. The molecule has 0 radical (unpaired) electrons. The van der Waals surface area contributed by atoms with Gasteiger partial charge in [0.25, 0.3) is 5.91 Å². The Balaban J connectivity index is 1.15. The number of carbonyl (C=O) groups is 2. The van der Waals surface area contributed by atoms with Gasteiger partial charge in [0.15, 0.2) is 0 Å². The fourth-order valence-electron chi connectivity index (χ4n) is 5.24. The maximum atomic E-state index is 13.0. The molecule has 0 unspecified atom stereocenters. The molecule has 5 rings (SSSR count). The van der Waals surface area contributed by atoms with E-state index < -0.39 is 0 Å². The molecule has 0 bridgehead atoms. The third kappa shape index (κ3) is 5.02. The van der Waals surface area contributed by atoms with Gasteiger partial charge >= 0.3 is 0 Å².